The Bertz CT molecular complexity index is 1430. The van der Waals surface area contributed by atoms with E-state index in [1.807, 2.05) is 43.3 Å². The smallest absolute Gasteiger partial charge is 0.295 e. The molecule has 0 spiro atoms. The van der Waals surface area contributed by atoms with Crippen molar-refractivity contribution in [2.75, 3.05) is 11.5 Å². The summed E-state index contributed by atoms with van der Waals surface area (Å²) in [4.78, 5) is 28.6. The molecule has 1 aromatic heterocycles. The number of hydrogen-bond donors (Lipinski definition) is 0. The normalized spacial score (nSPS) is 15.2. The second kappa shape index (κ2) is 8.48. The second-order valence-electron chi connectivity index (χ2n) is 7.79. The molecule has 0 fully saturated rings. The minimum Gasteiger partial charge on any atom is -0.494 e. The summed E-state index contributed by atoms with van der Waals surface area (Å²) in [6.45, 7) is 2.62. The van der Waals surface area contributed by atoms with Crippen LogP contribution in [0.1, 0.15) is 41.1 Å². The highest BCUT2D eigenvalue weighted by Crippen LogP contribution is 2.42. The van der Waals surface area contributed by atoms with E-state index in [-0.39, 0.29) is 22.3 Å². The molecule has 33 heavy (non-hydrogen) atoms. The largest absolute Gasteiger partial charge is 0.494 e. The Kier molecular flexibility index (Phi) is 5.50. The van der Waals surface area contributed by atoms with E-state index in [0.29, 0.717) is 23.6 Å². The average molecular weight is 508 g/mol. The van der Waals surface area contributed by atoms with E-state index in [0.717, 1.165) is 17.0 Å². The van der Waals surface area contributed by atoms with Crippen LogP contribution in [-0.2, 0) is 0 Å². The lowest BCUT2D eigenvalue weighted by molar-refractivity contribution is 0.0971. The van der Waals surface area contributed by atoms with Crippen LogP contribution in [0.3, 0.4) is 0 Å². The van der Waals surface area contributed by atoms with Gasteiger partial charge in [-0.25, -0.2) is 4.39 Å². The van der Waals surface area contributed by atoms with Gasteiger partial charge in [-0.15, -0.1) is 0 Å². The van der Waals surface area contributed by atoms with Crippen LogP contribution >= 0.6 is 15.9 Å². The van der Waals surface area contributed by atoms with Gasteiger partial charge in [-0.3, -0.25) is 14.5 Å². The van der Waals surface area contributed by atoms with E-state index in [9.17, 15) is 14.0 Å². The van der Waals surface area contributed by atoms with Crippen molar-refractivity contribution < 1.29 is 18.3 Å². The van der Waals surface area contributed by atoms with Gasteiger partial charge in [-0.1, -0.05) is 41.1 Å². The molecular weight excluding hydrogens is 489 g/mol. The SMILES string of the molecule is CCCOc1ccc(C2c3c(oc4ccc(F)cc4c3=O)C(=O)N2c2cccc(Br)c2)cc1. The molecule has 5 rings (SSSR count). The Morgan fingerprint density at radius 2 is 1.85 bits per heavy atom. The van der Waals surface area contributed by atoms with E-state index in [4.69, 9.17) is 9.15 Å². The van der Waals surface area contributed by atoms with Crippen LogP contribution in [-0.4, -0.2) is 12.5 Å². The first-order valence-corrected chi connectivity index (χ1v) is 11.4. The lowest BCUT2D eigenvalue weighted by Gasteiger charge is -2.25. The zero-order chi connectivity index (χ0) is 23.1. The van der Waals surface area contributed by atoms with E-state index >= 15 is 0 Å². The van der Waals surface area contributed by atoms with Crippen LogP contribution in [0.4, 0.5) is 10.1 Å². The first-order chi connectivity index (χ1) is 16.0. The van der Waals surface area contributed by atoms with Gasteiger partial charge in [-0.2, -0.15) is 0 Å². The Balaban J connectivity index is 1.73. The van der Waals surface area contributed by atoms with E-state index in [2.05, 4.69) is 15.9 Å². The minimum absolute atomic E-state index is 0.0320. The fourth-order valence-electron chi connectivity index (χ4n) is 4.12. The number of benzene rings is 3. The predicted octanol–water partition coefficient (Wildman–Crippen LogP) is 6.23. The molecule has 0 radical (unpaired) electrons. The van der Waals surface area contributed by atoms with Crippen molar-refractivity contribution in [3.05, 3.63) is 104 Å². The van der Waals surface area contributed by atoms with Gasteiger partial charge in [0.1, 0.15) is 17.1 Å². The molecule has 0 saturated carbocycles. The standard InChI is InChI=1S/C26H19BrFNO4/c1-2-12-32-19-9-6-15(7-10-19)23-22-24(30)20-14-17(28)8-11-21(20)33-25(22)26(31)29(23)18-5-3-4-16(27)13-18/h3-11,13-14,23H,2,12H2,1H3. The quantitative estimate of drug-likeness (QED) is 0.321. The maximum absolute atomic E-state index is 13.9. The lowest BCUT2D eigenvalue weighted by atomic mass is 9.98. The van der Waals surface area contributed by atoms with Gasteiger partial charge in [0.15, 0.2) is 5.43 Å². The van der Waals surface area contributed by atoms with Crippen molar-refractivity contribution in [2.45, 2.75) is 19.4 Å². The summed E-state index contributed by atoms with van der Waals surface area (Å²) < 4.78 is 26.3. The van der Waals surface area contributed by atoms with Gasteiger partial charge in [0.25, 0.3) is 5.91 Å². The molecule has 0 bridgehead atoms. The van der Waals surface area contributed by atoms with Gasteiger partial charge in [0.2, 0.25) is 5.76 Å². The third-order valence-electron chi connectivity index (χ3n) is 5.59. The topological polar surface area (TPSA) is 59.8 Å². The predicted molar refractivity (Wildman–Crippen MR) is 127 cm³/mol. The number of nitrogens with zero attached hydrogens (tertiary/aromatic N) is 1. The number of amides is 1. The molecule has 1 aliphatic rings. The van der Waals surface area contributed by atoms with Crippen molar-refractivity contribution in [2.24, 2.45) is 0 Å². The highest BCUT2D eigenvalue weighted by molar-refractivity contribution is 9.10. The first-order valence-electron chi connectivity index (χ1n) is 10.6. The molecule has 7 heteroatoms. The Labute approximate surface area is 197 Å². The van der Waals surface area contributed by atoms with E-state index in [1.54, 1.807) is 12.1 Å². The van der Waals surface area contributed by atoms with Crippen molar-refractivity contribution in [3.8, 4) is 5.75 Å². The number of anilines is 1. The van der Waals surface area contributed by atoms with Gasteiger partial charge in [0, 0.05) is 10.2 Å². The van der Waals surface area contributed by atoms with E-state index < -0.39 is 23.2 Å². The molecule has 1 unspecified atom stereocenters. The summed E-state index contributed by atoms with van der Waals surface area (Å²) in [6, 6.07) is 17.6. The second-order valence-corrected chi connectivity index (χ2v) is 8.71. The Hall–Kier alpha value is -3.45. The van der Waals surface area contributed by atoms with Crippen molar-refractivity contribution in [1.29, 1.82) is 0 Å². The maximum Gasteiger partial charge on any atom is 0.295 e. The molecule has 0 N–H and O–H groups in total. The number of carbonyl (C=O) groups is 1. The average Bonchev–Trinajstić information content (AvgIpc) is 3.11. The van der Waals surface area contributed by atoms with Crippen LogP contribution < -0.4 is 15.1 Å². The Morgan fingerprint density at radius 1 is 1.06 bits per heavy atom. The number of carbonyl (C=O) groups excluding carboxylic acids is 1. The lowest BCUT2D eigenvalue weighted by Crippen LogP contribution is -2.29. The fraction of sp³-hybridized carbons (Fsp3) is 0.154. The van der Waals surface area contributed by atoms with Crippen molar-refractivity contribution in [3.63, 3.8) is 0 Å². The van der Waals surface area contributed by atoms with E-state index in [1.165, 1.54) is 17.0 Å². The molecule has 1 aliphatic heterocycles. The summed E-state index contributed by atoms with van der Waals surface area (Å²) in [5, 5.41) is 0.102. The summed E-state index contributed by atoms with van der Waals surface area (Å²) >= 11 is 3.45. The number of ether oxygens (including phenoxy) is 1. The first kappa shape index (κ1) is 21.4. The summed E-state index contributed by atoms with van der Waals surface area (Å²) in [5.41, 5.74) is 1.26. The molecule has 2 heterocycles. The number of rotatable bonds is 5. The summed E-state index contributed by atoms with van der Waals surface area (Å²) in [6.07, 6.45) is 0.883. The highest BCUT2D eigenvalue weighted by atomic mass is 79.9. The highest BCUT2D eigenvalue weighted by Gasteiger charge is 2.43. The molecule has 0 saturated heterocycles. The maximum atomic E-state index is 13.9. The molecule has 3 aromatic carbocycles. The van der Waals surface area contributed by atoms with Gasteiger partial charge in [0.05, 0.1) is 23.6 Å². The Morgan fingerprint density at radius 3 is 2.58 bits per heavy atom. The molecule has 166 valence electrons. The van der Waals surface area contributed by atoms with Crippen LogP contribution in [0.5, 0.6) is 5.75 Å². The van der Waals surface area contributed by atoms with Gasteiger partial charge < -0.3 is 9.15 Å². The summed E-state index contributed by atoms with van der Waals surface area (Å²) in [5.74, 6) is -0.304. The summed E-state index contributed by atoms with van der Waals surface area (Å²) in [7, 11) is 0. The third-order valence-corrected chi connectivity index (χ3v) is 6.08. The van der Waals surface area contributed by atoms with Crippen LogP contribution in [0.2, 0.25) is 0 Å². The molecular formula is C26H19BrFNO4. The van der Waals surface area contributed by atoms with Crippen molar-refractivity contribution in [1.82, 2.24) is 0 Å². The van der Waals surface area contributed by atoms with Crippen LogP contribution in [0, 0.1) is 5.82 Å². The van der Waals surface area contributed by atoms with Gasteiger partial charge >= 0.3 is 0 Å². The molecule has 1 amide bonds. The number of fused-ring (bicyclic) bond motifs is 2. The molecule has 1 atom stereocenters. The van der Waals surface area contributed by atoms with Crippen LogP contribution in [0.25, 0.3) is 11.0 Å². The molecule has 5 nitrogen and oxygen atoms in total. The van der Waals surface area contributed by atoms with Gasteiger partial charge in [-0.05, 0) is 60.5 Å². The minimum atomic E-state index is -0.731. The fourth-order valence-corrected chi connectivity index (χ4v) is 4.51. The van der Waals surface area contributed by atoms with Crippen molar-refractivity contribution >= 4 is 38.5 Å². The zero-order valence-corrected chi connectivity index (χ0v) is 19.3. The molecule has 0 aliphatic carbocycles. The number of halogens is 2. The third kappa shape index (κ3) is 3.72. The van der Waals surface area contributed by atoms with Crippen LogP contribution in [0.15, 0.2) is 80.4 Å². The monoisotopic (exact) mass is 507 g/mol. The zero-order valence-electron chi connectivity index (χ0n) is 17.7. The molecule has 4 aromatic rings. The number of hydrogen-bond acceptors (Lipinski definition) is 4.